The van der Waals surface area contributed by atoms with Crippen LogP contribution in [0.4, 0.5) is 14.5 Å². The second-order valence-corrected chi connectivity index (χ2v) is 6.82. The molecule has 0 spiro atoms. The van der Waals surface area contributed by atoms with E-state index in [9.17, 15) is 8.78 Å². The minimum absolute atomic E-state index is 0.0451. The Morgan fingerprint density at radius 1 is 1.14 bits per heavy atom. The van der Waals surface area contributed by atoms with E-state index in [0.717, 1.165) is 16.8 Å². The zero-order chi connectivity index (χ0) is 19.7. The van der Waals surface area contributed by atoms with Crippen LogP contribution in [-0.4, -0.2) is 28.5 Å². The van der Waals surface area contributed by atoms with Gasteiger partial charge in [-0.15, -0.1) is 0 Å². The van der Waals surface area contributed by atoms with Crippen LogP contribution < -0.4 is 10.5 Å². The summed E-state index contributed by atoms with van der Waals surface area (Å²) in [5, 5.41) is 0. The summed E-state index contributed by atoms with van der Waals surface area (Å²) in [6.45, 7) is 1.39. The molecular weight excluding hydrogens is 362 g/mol. The topological polar surface area (TPSA) is 64.3 Å². The van der Waals surface area contributed by atoms with Crippen LogP contribution in [0.2, 0.25) is 0 Å². The molecule has 0 fully saturated rings. The summed E-state index contributed by atoms with van der Waals surface area (Å²) >= 11 is 0. The maximum absolute atomic E-state index is 14.2. The molecule has 4 rings (SSSR count). The highest BCUT2D eigenvalue weighted by molar-refractivity contribution is 5.58. The van der Waals surface area contributed by atoms with Crippen LogP contribution in [0, 0.1) is 11.6 Å². The van der Waals surface area contributed by atoms with Crippen LogP contribution in [0.1, 0.15) is 16.8 Å². The van der Waals surface area contributed by atoms with Crippen molar-refractivity contribution >= 4 is 5.69 Å². The Kier molecular flexibility index (Phi) is 4.92. The van der Waals surface area contributed by atoms with Crippen molar-refractivity contribution in [2.24, 2.45) is 0 Å². The minimum Gasteiger partial charge on any atom is -0.497 e. The van der Waals surface area contributed by atoms with Gasteiger partial charge in [0, 0.05) is 66.8 Å². The molecule has 0 unspecified atom stereocenters. The van der Waals surface area contributed by atoms with Crippen molar-refractivity contribution in [1.82, 2.24) is 14.9 Å². The van der Waals surface area contributed by atoms with Crippen LogP contribution in [0.5, 0.6) is 5.75 Å². The smallest absolute Gasteiger partial charge is 0.159 e. The lowest BCUT2D eigenvalue weighted by Gasteiger charge is -2.28. The van der Waals surface area contributed by atoms with Gasteiger partial charge in [-0.2, -0.15) is 0 Å². The third-order valence-corrected chi connectivity index (χ3v) is 4.91. The molecule has 0 saturated carbocycles. The molecule has 0 bridgehead atoms. The molecule has 3 aromatic rings. The molecule has 2 heterocycles. The standard InChI is InChI=1S/C21H20F2N4O/c1-28-16-8-18(22)17(19(23)9-16)12-27-7-6-20-14(11-27)10-25-21(26-20)13-2-4-15(24)5-3-13/h2-5,8-10H,6-7,11-12,24H2,1H3. The van der Waals surface area contributed by atoms with E-state index in [0.29, 0.717) is 31.0 Å². The Labute approximate surface area is 161 Å². The van der Waals surface area contributed by atoms with Gasteiger partial charge >= 0.3 is 0 Å². The van der Waals surface area contributed by atoms with Gasteiger partial charge in [-0.1, -0.05) is 0 Å². The highest BCUT2D eigenvalue weighted by atomic mass is 19.1. The van der Waals surface area contributed by atoms with Crippen LogP contribution in [-0.2, 0) is 19.5 Å². The molecule has 2 aromatic carbocycles. The zero-order valence-electron chi connectivity index (χ0n) is 15.5. The first-order valence-electron chi connectivity index (χ1n) is 8.98. The Hall–Kier alpha value is -3.06. The average Bonchev–Trinajstić information content (AvgIpc) is 2.70. The normalized spacial score (nSPS) is 14.0. The van der Waals surface area contributed by atoms with Crippen LogP contribution in [0.25, 0.3) is 11.4 Å². The van der Waals surface area contributed by atoms with Gasteiger partial charge < -0.3 is 10.5 Å². The first-order valence-corrected chi connectivity index (χ1v) is 8.98. The number of nitrogens with zero attached hydrogens (tertiary/aromatic N) is 3. The number of hydrogen-bond donors (Lipinski definition) is 1. The first kappa shape index (κ1) is 18.3. The molecule has 1 aliphatic heterocycles. The third kappa shape index (κ3) is 3.66. The Morgan fingerprint density at radius 2 is 1.86 bits per heavy atom. The Balaban J connectivity index is 1.52. The average molecular weight is 382 g/mol. The maximum atomic E-state index is 14.2. The second kappa shape index (κ2) is 7.52. The van der Waals surface area contributed by atoms with Gasteiger partial charge in [0.05, 0.1) is 12.8 Å². The van der Waals surface area contributed by atoms with E-state index in [1.807, 2.05) is 29.2 Å². The van der Waals surface area contributed by atoms with E-state index < -0.39 is 11.6 Å². The largest absolute Gasteiger partial charge is 0.497 e. The van der Waals surface area contributed by atoms with Crippen molar-refractivity contribution in [2.45, 2.75) is 19.5 Å². The molecule has 0 amide bonds. The third-order valence-electron chi connectivity index (χ3n) is 4.91. The summed E-state index contributed by atoms with van der Waals surface area (Å²) in [6.07, 6.45) is 2.49. The predicted molar refractivity (Wildman–Crippen MR) is 103 cm³/mol. The molecule has 2 N–H and O–H groups in total. The van der Waals surface area contributed by atoms with Gasteiger partial charge in [-0.25, -0.2) is 18.7 Å². The fraction of sp³-hybridized carbons (Fsp3) is 0.238. The summed E-state index contributed by atoms with van der Waals surface area (Å²) in [7, 11) is 1.38. The number of nitrogens with two attached hydrogens (primary N) is 1. The van der Waals surface area contributed by atoms with Crippen molar-refractivity contribution in [3.05, 3.63) is 71.1 Å². The molecule has 144 valence electrons. The number of rotatable bonds is 4. The summed E-state index contributed by atoms with van der Waals surface area (Å²) in [4.78, 5) is 11.1. The first-order chi connectivity index (χ1) is 13.5. The lowest BCUT2D eigenvalue weighted by Crippen LogP contribution is -2.31. The highest BCUT2D eigenvalue weighted by Crippen LogP contribution is 2.26. The number of ether oxygens (including phenoxy) is 1. The van der Waals surface area contributed by atoms with Gasteiger partial charge in [0.1, 0.15) is 17.4 Å². The lowest BCUT2D eigenvalue weighted by molar-refractivity contribution is 0.235. The number of benzene rings is 2. The van der Waals surface area contributed by atoms with Gasteiger partial charge in [0.25, 0.3) is 0 Å². The van der Waals surface area contributed by atoms with Crippen molar-refractivity contribution in [3.8, 4) is 17.1 Å². The summed E-state index contributed by atoms with van der Waals surface area (Å²) in [5.74, 6) is -0.374. The van der Waals surface area contributed by atoms with Crippen molar-refractivity contribution in [3.63, 3.8) is 0 Å². The molecular formula is C21H20F2N4O. The number of anilines is 1. The molecule has 1 aliphatic rings. The zero-order valence-corrected chi connectivity index (χ0v) is 15.5. The molecule has 5 nitrogen and oxygen atoms in total. The maximum Gasteiger partial charge on any atom is 0.159 e. The number of aromatic nitrogens is 2. The quantitative estimate of drug-likeness (QED) is 0.699. The SMILES string of the molecule is COc1cc(F)c(CN2CCc3nc(-c4ccc(N)cc4)ncc3C2)c(F)c1. The van der Waals surface area contributed by atoms with E-state index in [-0.39, 0.29) is 17.9 Å². The molecule has 7 heteroatoms. The second-order valence-electron chi connectivity index (χ2n) is 6.82. The minimum atomic E-state index is -0.599. The van der Waals surface area contributed by atoms with Crippen molar-refractivity contribution in [2.75, 3.05) is 19.4 Å². The molecule has 0 aliphatic carbocycles. The van der Waals surface area contributed by atoms with Crippen molar-refractivity contribution < 1.29 is 13.5 Å². The Morgan fingerprint density at radius 3 is 2.54 bits per heavy atom. The van der Waals surface area contributed by atoms with Crippen LogP contribution in [0.3, 0.4) is 0 Å². The number of hydrogen-bond acceptors (Lipinski definition) is 5. The van der Waals surface area contributed by atoms with Crippen LogP contribution >= 0.6 is 0 Å². The summed E-state index contributed by atoms with van der Waals surface area (Å²) in [5.41, 5.74) is 9.30. The van der Waals surface area contributed by atoms with E-state index in [1.54, 1.807) is 6.20 Å². The fourth-order valence-corrected chi connectivity index (χ4v) is 3.35. The van der Waals surface area contributed by atoms with Gasteiger partial charge in [0.15, 0.2) is 5.82 Å². The molecule has 0 radical (unpaired) electrons. The number of halogens is 2. The van der Waals surface area contributed by atoms with Crippen LogP contribution in [0.15, 0.2) is 42.6 Å². The Bertz CT molecular complexity index is 985. The molecule has 1 aromatic heterocycles. The van der Waals surface area contributed by atoms with Gasteiger partial charge in [-0.3, -0.25) is 4.90 Å². The summed E-state index contributed by atoms with van der Waals surface area (Å²) < 4.78 is 33.4. The van der Waals surface area contributed by atoms with E-state index in [2.05, 4.69) is 9.97 Å². The van der Waals surface area contributed by atoms with Gasteiger partial charge in [-0.05, 0) is 24.3 Å². The summed E-state index contributed by atoms with van der Waals surface area (Å²) in [6, 6.07) is 9.83. The fourth-order valence-electron chi connectivity index (χ4n) is 3.35. The highest BCUT2D eigenvalue weighted by Gasteiger charge is 2.22. The molecule has 28 heavy (non-hydrogen) atoms. The van der Waals surface area contributed by atoms with Crippen molar-refractivity contribution in [1.29, 1.82) is 0 Å². The molecule has 0 atom stereocenters. The van der Waals surface area contributed by atoms with Gasteiger partial charge in [0.2, 0.25) is 0 Å². The van der Waals surface area contributed by atoms with E-state index in [1.165, 1.54) is 19.2 Å². The number of fused-ring (bicyclic) bond motifs is 1. The monoisotopic (exact) mass is 382 g/mol. The number of methoxy groups -OCH3 is 1. The van der Waals surface area contributed by atoms with E-state index >= 15 is 0 Å². The predicted octanol–water partition coefficient (Wildman–Crippen LogP) is 3.57. The molecule has 0 saturated heterocycles. The van der Waals surface area contributed by atoms with E-state index in [4.69, 9.17) is 10.5 Å². The number of nitrogen functional groups attached to an aromatic ring is 1. The lowest BCUT2D eigenvalue weighted by atomic mass is 10.1.